The molecule has 0 aromatic heterocycles. The molecule has 0 saturated carbocycles. The highest BCUT2D eigenvalue weighted by molar-refractivity contribution is 5.78. The van der Waals surface area contributed by atoms with Gasteiger partial charge in [0.2, 0.25) is 5.91 Å². The normalized spacial score (nSPS) is 21.6. The van der Waals surface area contributed by atoms with E-state index in [0.717, 1.165) is 6.54 Å². The summed E-state index contributed by atoms with van der Waals surface area (Å²) in [4.78, 5) is 16.2. The molecule has 0 aliphatic carbocycles. The number of hydrogen-bond acceptors (Lipinski definition) is 4. The predicted molar refractivity (Wildman–Crippen MR) is 70.4 cm³/mol. The summed E-state index contributed by atoms with van der Waals surface area (Å²) in [6.45, 7) is 10.5. The Hall–Kier alpha value is -0.650. The van der Waals surface area contributed by atoms with E-state index in [1.165, 1.54) is 0 Å². The molecule has 1 heterocycles. The molecule has 1 unspecified atom stereocenters. The number of aliphatic hydroxyl groups excluding tert-OH is 1. The molecule has 0 aromatic rings. The molecular weight excluding hydrogens is 232 g/mol. The summed E-state index contributed by atoms with van der Waals surface area (Å²) in [5, 5.41) is 9.08. The lowest BCUT2D eigenvalue weighted by atomic mass is 10.2. The number of rotatable bonds is 5. The van der Waals surface area contributed by atoms with E-state index in [1.54, 1.807) is 0 Å². The maximum absolute atomic E-state index is 12.3. The maximum atomic E-state index is 12.3. The van der Waals surface area contributed by atoms with Gasteiger partial charge in [-0.15, -0.1) is 0 Å². The largest absolute Gasteiger partial charge is 0.394 e. The minimum absolute atomic E-state index is 0.0166. The van der Waals surface area contributed by atoms with Crippen LogP contribution in [0.4, 0.5) is 0 Å². The van der Waals surface area contributed by atoms with Crippen LogP contribution in [0.5, 0.6) is 0 Å². The van der Waals surface area contributed by atoms with Crippen molar-refractivity contribution in [1.82, 2.24) is 9.80 Å². The van der Waals surface area contributed by atoms with Crippen molar-refractivity contribution >= 4 is 5.91 Å². The number of nitrogens with zero attached hydrogens (tertiary/aromatic N) is 2. The Labute approximate surface area is 110 Å². The van der Waals surface area contributed by atoms with Crippen LogP contribution < -0.4 is 0 Å². The molecule has 1 rings (SSSR count). The van der Waals surface area contributed by atoms with E-state index in [1.807, 2.05) is 32.6 Å². The van der Waals surface area contributed by atoms with Gasteiger partial charge in [0.15, 0.2) is 0 Å². The van der Waals surface area contributed by atoms with Crippen LogP contribution in [0.15, 0.2) is 0 Å². The fourth-order valence-corrected chi connectivity index (χ4v) is 2.48. The number of amides is 1. The van der Waals surface area contributed by atoms with Crippen molar-refractivity contribution in [3.05, 3.63) is 0 Å². The Morgan fingerprint density at radius 2 is 2.00 bits per heavy atom. The SMILES string of the molecule is CC(C)N(C(=O)CN1CCOC(CO)C1)C(C)C. The van der Waals surface area contributed by atoms with Gasteiger partial charge in [-0.3, -0.25) is 9.69 Å². The van der Waals surface area contributed by atoms with Crippen molar-refractivity contribution in [3.63, 3.8) is 0 Å². The first-order valence-corrected chi connectivity index (χ1v) is 6.71. The Bertz CT molecular complexity index is 261. The van der Waals surface area contributed by atoms with Crippen LogP contribution in [-0.4, -0.2) is 71.8 Å². The van der Waals surface area contributed by atoms with E-state index in [0.29, 0.717) is 19.7 Å². The summed E-state index contributed by atoms with van der Waals surface area (Å²) < 4.78 is 5.38. The van der Waals surface area contributed by atoms with Crippen LogP contribution in [0.2, 0.25) is 0 Å². The highest BCUT2D eigenvalue weighted by atomic mass is 16.5. The van der Waals surface area contributed by atoms with Gasteiger partial charge in [-0.1, -0.05) is 0 Å². The van der Waals surface area contributed by atoms with Crippen LogP contribution in [0.25, 0.3) is 0 Å². The summed E-state index contributed by atoms with van der Waals surface area (Å²) in [7, 11) is 0. The van der Waals surface area contributed by atoms with E-state index in [9.17, 15) is 4.79 Å². The Morgan fingerprint density at radius 3 is 2.50 bits per heavy atom. The van der Waals surface area contributed by atoms with Crippen molar-refractivity contribution < 1.29 is 14.6 Å². The molecule has 1 saturated heterocycles. The van der Waals surface area contributed by atoms with Crippen LogP contribution in [-0.2, 0) is 9.53 Å². The van der Waals surface area contributed by atoms with Crippen molar-refractivity contribution in [2.45, 2.75) is 45.9 Å². The molecule has 5 heteroatoms. The van der Waals surface area contributed by atoms with Crippen molar-refractivity contribution in [2.75, 3.05) is 32.8 Å². The molecule has 0 aromatic carbocycles. The molecular formula is C13H26N2O3. The Balaban J connectivity index is 2.52. The lowest BCUT2D eigenvalue weighted by Crippen LogP contribution is -2.51. The van der Waals surface area contributed by atoms with Gasteiger partial charge in [-0.2, -0.15) is 0 Å². The van der Waals surface area contributed by atoms with Crippen molar-refractivity contribution in [3.8, 4) is 0 Å². The summed E-state index contributed by atoms with van der Waals surface area (Å²) in [5.74, 6) is 0.151. The molecule has 5 nitrogen and oxygen atoms in total. The van der Waals surface area contributed by atoms with Crippen molar-refractivity contribution in [1.29, 1.82) is 0 Å². The predicted octanol–water partition coefficient (Wildman–Crippen LogP) is 0.325. The van der Waals surface area contributed by atoms with E-state index < -0.39 is 0 Å². The standard InChI is InChI=1S/C13H26N2O3/c1-10(2)15(11(3)4)13(17)8-14-5-6-18-12(7-14)9-16/h10-12,16H,5-9H2,1-4H3. The van der Waals surface area contributed by atoms with Crippen LogP contribution in [0, 0.1) is 0 Å². The average molecular weight is 258 g/mol. The molecule has 1 fully saturated rings. The van der Waals surface area contributed by atoms with Crippen molar-refractivity contribution in [2.24, 2.45) is 0 Å². The molecule has 1 aliphatic rings. The van der Waals surface area contributed by atoms with Gasteiger partial charge >= 0.3 is 0 Å². The topological polar surface area (TPSA) is 53.0 Å². The Morgan fingerprint density at radius 1 is 1.39 bits per heavy atom. The highest BCUT2D eigenvalue weighted by Gasteiger charge is 2.25. The monoisotopic (exact) mass is 258 g/mol. The third-order valence-electron chi connectivity index (χ3n) is 3.19. The summed E-state index contributed by atoms with van der Waals surface area (Å²) in [6, 6.07) is 0.430. The molecule has 106 valence electrons. The first-order valence-electron chi connectivity index (χ1n) is 6.71. The van der Waals surface area contributed by atoms with Gasteiger partial charge in [0, 0.05) is 25.2 Å². The van der Waals surface area contributed by atoms with Gasteiger partial charge in [-0.05, 0) is 27.7 Å². The quantitative estimate of drug-likeness (QED) is 0.772. The van der Waals surface area contributed by atoms with E-state index in [4.69, 9.17) is 9.84 Å². The van der Waals surface area contributed by atoms with Gasteiger partial charge in [0.05, 0.1) is 25.9 Å². The first-order chi connectivity index (χ1) is 8.45. The molecule has 1 N–H and O–H groups in total. The minimum Gasteiger partial charge on any atom is -0.394 e. The summed E-state index contributed by atoms with van der Waals surface area (Å²) in [5.41, 5.74) is 0. The molecule has 18 heavy (non-hydrogen) atoms. The molecule has 1 aliphatic heterocycles. The van der Waals surface area contributed by atoms with Crippen LogP contribution in [0.1, 0.15) is 27.7 Å². The molecule has 0 bridgehead atoms. The third-order valence-corrected chi connectivity index (χ3v) is 3.19. The lowest BCUT2D eigenvalue weighted by molar-refractivity contribution is -0.138. The van der Waals surface area contributed by atoms with Crippen LogP contribution in [0.3, 0.4) is 0 Å². The van der Waals surface area contributed by atoms with Gasteiger partial charge in [0.1, 0.15) is 0 Å². The van der Waals surface area contributed by atoms with Crippen LogP contribution >= 0.6 is 0 Å². The second kappa shape index (κ2) is 7.07. The minimum atomic E-state index is -0.155. The zero-order valence-electron chi connectivity index (χ0n) is 11.9. The summed E-state index contributed by atoms with van der Waals surface area (Å²) >= 11 is 0. The van der Waals surface area contributed by atoms with E-state index in [-0.39, 0.29) is 30.7 Å². The summed E-state index contributed by atoms with van der Waals surface area (Å²) in [6.07, 6.45) is -0.155. The van der Waals surface area contributed by atoms with Gasteiger partial charge < -0.3 is 14.7 Å². The number of carbonyl (C=O) groups is 1. The number of hydrogen-bond donors (Lipinski definition) is 1. The fourth-order valence-electron chi connectivity index (χ4n) is 2.48. The van der Waals surface area contributed by atoms with E-state index in [2.05, 4.69) is 4.90 Å². The Kier molecular flexibility index (Phi) is 6.05. The molecule has 0 radical (unpaired) electrons. The lowest BCUT2D eigenvalue weighted by Gasteiger charge is -2.36. The molecule has 1 amide bonds. The fraction of sp³-hybridized carbons (Fsp3) is 0.923. The number of ether oxygens (including phenoxy) is 1. The molecule has 1 atom stereocenters. The molecule has 0 spiro atoms. The van der Waals surface area contributed by atoms with Gasteiger partial charge in [0.25, 0.3) is 0 Å². The maximum Gasteiger partial charge on any atom is 0.237 e. The zero-order chi connectivity index (χ0) is 13.7. The zero-order valence-corrected chi connectivity index (χ0v) is 11.9. The number of carbonyl (C=O) groups excluding carboxylic acids is 1. The first kappa shape index (κ1) is 15.4. The highest BCUT2D eigenvalue weighted by Crippen LogP contribution is 2.09. The number of aliphatic hydroxyl groups is 1. The smallest absolute Gasteiger partial charge is 0.237 e. The third kappa shape index (κ3) is 4.23. The number of morpholine rings is 1. The second-order valence-corrected chi connectivity index (χ2v) is 5.40. The van der Waals surface area contributed by atoms with E-state index >= 15 is 0 Å². The van der Waals surface area contributed by atoms with Gasteiger partial charge in [-0.25, -0.2) is 0 Å². The second-order valence-electron chi connectivity index (χ2n) is 5.40. The average Bonchev–Trinajstić information content (AvgIpc) is 2.28.